The molecule has 1 atom stereocenters. The van der Waals surface area contributed by atoms with Gasteiger partial charge in [-0.15, -0.1) is 0 Å². The van der Waals surface area contributed by atoms with E-state index in [2.05, 4.69) is 47.8 Å². The maximum atomic E-state index is 4.51. The van der Waals surface area contributed by atoms with Crippen LogP contribution in [0.4, 0.5) is 0 Å². The SMILES string of the molecule is Cn1ccnc1C1CNCCN1Cc1c(Br)cnn1C. The third-order valence-electron chi connectivity index (χ3n) is 3.87. The largest absolute Gasteiger partial charge is 0.337 e. The molecule has 0 aromatic carbocycles. The lowest BCUT2D eigenvalue weighted by molar-refractivity contribution is 0.141. The van der Waals surface area contributed by atoms with Gasteiger partial charge in [0.2, 0.25) is 0 Å². The molecule has 3 rings (SSSR count). The minimum Gasteiger partial charge on any atom is -0.337 e. The molecular weight excluding hydrogens is 320 g/mol. The van der Waals surface area contributed by atoms with Crippen LogP contribution in [-0.4, -0.2) is 43.9 Å². The van der Waals surface area contributed by atoms with Crippen molar-refractivity contribution in [1.82, 2.24) is 29.5 Å². The Kier molecular flexibility index (Phi) is 3.91. The van der Waals surface area contributed by atoms with Gasteiger partial charge >= 0.3 is 0 Å². The second-order valence-corrected chi connectivity index (χ2v) is 6.00. The lowest BCUT2D eigenvalue weighted by Crippen LogP contribution is -2.46. The van der Waals surface area contributed by atoms with Crippen LogP contribution in [0.3, 0.4) is 0 Å². The van der Waals surface area contributed by atoms with Crippen LogP contribution in [-0.2, 0) is 20.6 Å². The highest BCUT2D eigenvalue weighted by atomic mass is 79.9. The lowest BCUT2D eigenvalue weighted by Gasteiger charge is -2.35. The van der Waals surface area contributed by atoms with Crippen molar-refractivity contribution >= 4 is 15.9 Å². The average molecular weight is 339 g/mol. The molecule has 0 bridgehead atoms. The minimum atomic E-state index is 0.297. The van der Waals surface area contributed by atoms with Crippen molar-refractivity contribution < 1.29 is 0 Å². The van der Waals surface area contributed by atoms with Crippen LogP contribution < -0.4 is 5.32 Å². The Morgan fingerprint density at radius 1 is 1.45 bits per heavy atom. The van der Waals surface area contributed by atoms with Gasteiger partial charge in [-0.3, -0.25) is 9.58 Å². The summed E-state index contributed by atoms with van der Waals surface area (Å²) in [5.74, 6) is 1.11. The molecule has 7 heteroatoms. The molecule has 20 heavy (non-hydrogen) atoms. The first-order valence-corrected chi connectivity index (χ1v) is 7.54. The van der Waals surface area contributed by atoms with Crippen LogP contribution in [0.15, 0.2) is 23.1 Å². The monoisotopic (exact) mass is 338 g/mol. The van der Waals surface area contributed by atoms with Crippen molar-refractivity contribution in [1.29, 1.82) is 0 Å². The summed E-state index contributed by atoms with van der Waals surface area (Å²) in [7, 11) is 4.03. The molecule has 0 amide bonds. The summed E-state index contributed by atoms with van der Waals surface area (Å²) >= 11 is 3.58. The number of halogens is 1. The van der Waals surface area contributed by atoms with E-state index in [0.717, 1.165) is 36.5 Å². The van der Waals surface area contributed by atoms with Crippen LogP contribution in [0.1, 0.15) is 17.6 Å². The zero-order valence-electron chi connectivity index (χ0n) is 11.8. The van der Waals surface area contributed by atoms with Crippen molar-refractivity contribution in [3.8, 4) is 0 Å². The van der Waals surface area contributed by atoms with E-state index in [9.17, 15) is 0 Å². The van der Waals surface area contributed by atoms with E-state index in [1.807, 2.05) is 30.3 Å². The Morgan fingerprint density at radius 3 is 2.95 bits per heavy atom. The van der Waals surface area contributed by atoms with E-state index in [1.165, 1.54) is 5.69 Å². The summed E-state index contributed by atoms with van der Waals surface area (Å²) in [4.78, 5) is 6.97. The first kappa shape index (κ1) is 13.8. The maximum absolute atomic E-state index is 4.51. The number of nitrogens with zero attached hydrogens (tertiary/aromatic N) is 5. The van der Waals surface area contributed by atoms with Crippen LogP contribution in [0, 0.1) is 0 Å². The Morgan fingerprint density at radius 2 is 2.30 bits per heavy atom. The van der Waals surface area contributed by atoms with Crippen molar-refractivity contribution in [3.05, 3.63) is 34.6 Å². The standard InChI is InChI=1S/C13H19BrN6/c1-18-5-4-16-13(18)11-8-15-3-6-20(11)9-12-10(14)7-17-19(12)2/h4-5,7,11,15H,3,6,8-9H2,1-2H3. The highest BCUT2D eigenvalue weighted by Gasteiger charge is 2.27. The van der Waals surface area contributed by atoms with Crippen LogP contribution in [0.2, 0.25) is 0 Å². The van der Waals surface area contributed by atoms with Gasteiger partial charge in [-0.2, -0.15) is 5.10 Å². The molecule has 0 aliphatic carbocycles. The first-order valence-electron chi connectivity index (χ1n) is 6.75. The second-order valence-electron chi connectivity index (χ2n) is 5.15. The van der Waals surface area contributed by atoms with Gasteiger partial charge in [0.1, 0.15) is 5.82 Å². The topological polar surface area (TPSA) is 50.9 Å². The zero-order valence-corrected chi connectivity index (χ0v) is 13.3. The van der Waals surface area contributed by atoms with E-state index in [4.69, 9.17) is 0 Å². The minimum absolute atomic E-state index is 0.297. The quantitative estimate of drug-likeness (QED) is 0.909. The molecule has 2 aromatic rings. The van der Waals surface area contributed by atoms with Crippen LogP contribution in [0.5, 0.6) is 0 Å². The van der Waals surface area contributed by atoms with Gasteiger partial charge in [0.25, 0.3) is 0 Å². The van der Waals surface area contributed by atoms with Gasteiger partial charge in [0.05, 0.1) is 22.4 Å². The number of piperazine rings is 1. The predicted octanol–water partition coefficient (Wildman–Crippen LogP) is 1.06. The van der Waals surface area contributed by atoms with Crippen LogP contribution in [0.25, 0.3) is 0 Å². The first-order chi connectivity index (χ1) is 9.66. The third-order valence-corrected chi connectivity index (χ3v) is 4.54. The lowest BCUT2D eigenvalue weighted by atomic mass is 10.1. The van der Waals surface area contributed by atoms with Crippen molar-refractivity contribution in [2.24, 2.45) is 14.1 Å². The summed E-state index contributed by atoms with van der Waals surface area (Å²) < 4.78 is 5.10. The van der Waals surface area contributed by atoms with Gasteiger partial charge in [-0.05, 0) is 15.9 Å². The molecule has 1 aliphatic rings. The molecule has 2 aromatic heterocycles. The van der Waals surface area contributed by atoms with Gasteiger partial charge in [-0.25, -0.2) is 4.98 Å². The van der Waals surface area contributed by atoms with Crippen molar-refractivity contribution in [2.75, 3.05) is 19.6 Å². The molecule has 1 fully saturated rings. The van der Waals surface area contributed by atoms with Gasteiger partial charge < -0.3 is 9.88 Å². The molecular formula is C13H19BrN6. The van der Waals surface area contributed by atoms with Gasteiger partial charge in [-0.1, -0.05) is 0 Å². The molecule has 1 saturated heterocycles. The zero-order chi connectivity index (χ0) is 14.1. The van der Waals surface area contributed by atoms with E-state index in [0.29, 0.717) is 6.04 Å². The Bertz CT molecular complexity index is 570. The molecule has 0 radical (unpaired) electrons. The molecule has 1 N–H and O–H groups in total. The molecule has 108 valence electrons. The van der Waals surface area contributed by atoms with Crippen LogP contribution >= 0.6 is 15.9 Å². The number of aromatic nitrogens is 4. The van der Waals surface area contributed by atoms with Crippen molar-refractivity contribution in [2.45, 2.75) is 12.6 Å². The number of aryl methyl sites for hydroxylation is 2. The molecule has 3 heterocycles. The highest BCUT2D eigenvalue weighted by molar-refractivity contribution is 9.10. The second kappa shape index (κ2) is 5.67. The number of nitrogens with one attached hydrogen (secondary N) is 1. The van der Waals surface area contributed by atoms with E-state index < -0.39 is 0 Å². The summed E-state index contributed by atoms with van der Waals surface area (Å²) in [6.07, 6.45) is 5.72. The normalized spacial score (nSPS) is 20.4. The van der Waals surface area contributed by atoms with E-state index >= 15 is 0 Å². The fourth-order valence-corrected chi connectivity index (χ4v) is 3.17. The highest BCUT2D eigenvalue weighted by Crippen LogP contribution is 2.25. The van der Waals surface area contributed by atoms with Crippen molar-refractivity contribution in [3.63, 3.8) is 0 Å². The fraction of sp³-hybridized carbons (Fsp3) is 0.538. The molecule has 0 saturated carbocycles. The number of rotatable bonds is 3. The molecule has 1 aliphatic heterocycles. The van der Waals surface area contributed by atoms with Gasteiger partial charge in [0.15, 0.2) is 0 Å². The maximum Gasteiger partial charge on any atom is 0.127 e. The fourth-order valence-electron chi connectivity index (χ4n) is 2.69. The van der Waals surface area contributed by atoms with E-state index in [-0.39, 0.29) is 0 Å². The number of hydrogen-bond acceptors (Lipinski definition) is 4. The molecule has 6 nitrogen and oxygen atoms in total. The number of hydrogen-bond donors (Lipinski definition) is 1. The molecule has 0 spiro atoms. The van der Waals surface area contributed by atoms with Gasteiger partial charge in [0, 0.05) is 52.7 Å². The predicted molar refractivity (Wildman–Crippen MR) is 80.1 cm³/mol. The Hall–Kier alpha value is -1.18. The Balaban J connectivity index is 1.85. The summed E-state index contributed by atoms with van der Waals surface area (Å²) in [6, 6.07) is 0.297. The number of imidazole rings is 1. The summed E-state index contributed by atoms with van der Waals surface area (Å²) in [5.41, 5.74) is 1.20. The Labute approximate surface area is 126 Å². The summed E-state index contributed by atoms with van der Waals surface area (Å²) in [6.45, 7) is 3.82. The van der Waals surface area contributed by atoms with E-state index in [1.54, 1.807) is 0 Å². The third kappa shape index (κ3) is 2.53. The molecule has 1 unspecified atom stereocenters. The smallest absolute Gasteiger partial charge is 0.127 e. The average Bonchev–Trinajstić information content (AvgIpc) is 3.00. The summed E-state index contributed by atoms with van der Waals surface area (Å²) in [5, 5.41) is 7.75.